The maximum atomic E-state index is 12.7. The van der Waals surface area contributed by atoms with E-state index in [4.69, 9.17) is 4.74 Å². The van der Waals surface area contributed by atoms with Crippen molar-refractivity contribution in [2.45, 2.75) is 25.7 Å². The van der Waals surface area contributed by atoms with Crippen molar-refractivity contribution in [2.24, 2.45) is 0 Å². The molecular formula is C22H19F3N2O2. The second-order valence-electron chi connectivity index (χ2n) is 6.49. The average Bonchev–Trinajstić information content (AvgIpc) is 2.72. The lowest BCUT2D eigenvalue weighted by Crippen LogP contribution is -2.26. The minimum absolute atomic E-state index is 0.320. The van der Waals surface area contributed by atoms with Crippen LogP contribution in [0.3, 0.4) is 0 Å². The molecule has 3 aromatic rings. The monoisotopic (exact) mass is 400 g/mol. The number of aromatic nitrogens is 1. The van der Waals surface area contributed by atoms with E-state index in [0.717, 1.165) is 17.7 Å². The maximum absolute atomic E-state index is 12.7. The van der Waals surface area contributed by atoms with Gasteiger partial charge in [0.1, 0.15) is 12.4 Å². The maximum Gasteiger partial charge on any atom is 0.416 e. The van der Waals surface area contributed by atoms with Crippen LogP contribution in [0.5, 0.6) is 5.75 Å². The first-order chi connectivity index (χ1) is 13.8. The third kappa shape index (κ3) is 5.57. The van der Waals surface area contributed by atoms with Gasteiger partial charge in [-0.25, -0.2) is 0 Å². The van der Waals surface area contributed by atoms with Crippen LogP contribution in [0.2, 0.25) is 0 Å². The van der Waals surface area contributed by atoms with Gasteiger partial charge in [-0.15, -0.1) is 0 Å². The third-order valence-corrected chi connectivity index (χ3v) is 4.31. The van der Waals surface area contributed by atoms with Gasteiger partial charge in [-0.05, 0) is 48.9 Å². The minimum Gasteiger partial charge on any atom is -0.489 e. The summed E-state index contributed by atoms with van der Waals surface area (Å²) in [6.45, 7) is 2.03. The lowest BCUT2D eigenvalue weighted by molar-refractivity contribution is -0.137. The number of nitrogens with zero attached hydrogens (tertiary/aromatic N) is 1. The molecule has 0 spiro atoms. The number of carbonyl (C=O) groups excluding carboxylic acids is 1. The average molecular weight is 400 g/mol. The second-order valence-corrected chi connectivity index (χ2v) is 6.49. The van der Waals surface area contributed by atoms with Crippen molar-refractivity contribution in [2.75, 3.05) is 0 Å². The van der Waals surface area contributed by atoms with Crippen molar-refractivity contribution >= 4 is 5.91 Å². The van der Waals surface area contributed by atoms with E-state index in [1.165, 1.54) is 12.1 Å². The normalized spacial score (nSPS) is 12.3. The fourth-order valence-corrected chi connectivity index (χ4v) is 2.70. The lowest BCUT2D eigenvalue weighted by atomic mass is 10.1. The largest absolute Gasteiger partial charge is 0.489 e. The first kappa shape index (κ1) is 20.4. The summed E-state index contributed by atoms with van der Waals surface area (Å²) in [6, 6.07) is 14.7. The van der Waals surface area contributed by atoms with Gasteiger partial charge < -0.3 is 10.1 Å². The first-order valence-corrected chi connectivity index (χ1v) is 8.93. The molecule has 2 aromatic carbocycles. The molecule has 29 heavy (non-hydrogen) atoms. The highest BCUT2D eigenvalue weighted by molar-refractivity contribution is 5.94. The Bertz CT molecular complexity index is 958. The smallest absolute Gasteiger partial charge is 0.416 e. The van der Waals surface area contributed by atoms with Crippen molar-refractivity contribution in [3.8, 4) is 5.75 Å². The molecular weight excluding hydrogens is 381 g/mol. The van der Waals surface area contributed by atoms with E-state index >= 15 is 0 Å². The molecule has 150 valence electrons. The number of hydrogen-bond acceptors (Lipinski definition) is 3. The predicted molar refractivity (Wildman–Crippen MR) is 102 cm³/mol. The Hall–Kier alpha value is -3.35. The summed E-state index contributed by atoms with van der Waals surface area (Å²) < 4.78 is 43.7. The van der Waals surface area contributed by atoms with Crippen molar-refractivity contribution in [3.63, 3.8) is 0 Å². The number of benzene rings is 2. The van der Waals surface area contributed by atoms with Gasteiger partial charge in [0.05, 0.1) is 11.6 Å². The fourth-order valence-electron chi connectivity index (χ4n) is 2.70. The molecule has 1 heterocycles. The molecule has 1 aromatic heterocycles. The van der Waals surface area contributed by atoms with E-state index in [-0.39, 0.29) is 5.91 Å². The molecule has 0 saturated carbocycles. The summed E-state index contributed by atoms with van der Waals surface area (Å²) in [7, 11) is 0. The molecule has 0 aliphatic carbocycles. The Labute approximate surface area is 166 Å². The highest BCUT2D eigenvalue weighted by atomic mass is 19.4. The number of hydrogen-bond donors (Lipinski definition) is 1. The molecule has 4 nitrogen and oxygen atoms in total. The van der Waals surface area contributed by atoms with E-state index in [1.54, 1.807) is 43.6 Å². The van der Waals surface area contributed by atoms with Crippen molar-refractivity contribution < 1.29 is 22.7 Å². The van der Waals surface area contributed by atoms with Crippen molar-refractivity contribution in [3.05, 3.63) is 95.3 Å². The van der Waals surface area contributed by atoms with Crippen LogP contribution in [0.25, 0.3) is 0 Å². The molecule has 0 saturated heterocycles. The third-order valence-electron chi connectivity index (χ3n) is 4.31. The van der Waals surface area contributed by atoms with Crippen LogP contribution in [-0.4, -0.2) is 10.9 Å². The van der Waals surface area contributed by atoms with Gasteiger partial charge in [0, 0.05) is 23.5 Å². The topological polar surface area (TPSA) is 51.2 Å². The zero-order valence-corrected chi connectivity index (χ0v) is 15.6. The fraction of sp³-hybridized carbons (Fsp3) is 0.182. The number of carbonyl (C=O) groups is 1. The molecule has 1 N–H and O–H groups in total. The number of rotatable bonds is 6. The molecule has 0 bridgehead atoms. The zero-order chi connectivity index (χ0) is 20.9. The van der Waals surface area contributed by atoms with Crippen LogP contribution in [0.15, 0.2) is 73.1 Å². The summed E-state index contributed by atoms with van der Waals surface area (Å²) in [5, 5.41) is 2.79. The molecule has 1 amide bonds. The lowest BCUT2D eigenvalue weighted by Gasteiger charge is -2.16. The van der Waals surface area contributed by atoms with E-state index in [1.807, 2.05) is 12.1 Å². The number of pyridine rings is 1. The van der Waals surface area contributed by atoms with Crippen LogP contribution >= 0.6 is 0 Å². The van der Waals surface area contributed by atoms with Crippen LogP contribution in [0, 0.1) is 0 Å². The molecule has 0 aliphatic rings. The summed E-state index contributed by atoms with van der Waals surface area (Å²) in [4.78, 5) is 16.5. The second kappa shape index (κ2) is 8.77. The van der Waals surface area contributed by atoms with Crippen LogP contribution in [-0.2, 0) is 12.8 Å². The quantitative estimate of drug-likeness (QED) is 0.621. The van der Waals surface area contributed by atoms with Crippen LogP contribution < -0.4 is 10.1 Å². The molecule has 0 radical (unpaired) electrons. The van der Waals surface area contributed by atoms with E-state index in [2.05, 4.69) is 10.3 Å². The van der Waals surface area contributed by atoms with Gasteiger partial charge in [0.2, 0.25) is 0 Å². The van der Waals surface area contributed by atoms with Gasteiger partial charge in [0.15, 0.2) is 0 Å². The Balaban J connectivity index is 1.62. The Morgan fingerprint density at radius 1 is 1.10 bits per heavy atom. The highest BCUT2D eigenvalue weighted by Gasteiger charge is 2.30. The number of amides is 1. The highest BCUT2D eigenvalue weighted by Crippen LogP contribution is 2.30. The Kier molecular flexibility index (Phi) is 6.16. The number of halogens is 3. The number of nitrogens with one attached hydrogen (secondary N) is 1. The minimum atomic E-state index is -4.39. The van der Waals surface area contributed by atoms with Gasteiger partial charge in [0.25, 0.3) is 5.91 Å². The molecule has 3 rings (SSSR count). The van der Waals surface area contributed by atoms with Gasteiger partial charge in [-0.1, -0.05) is 24.3 Å². The molecule has 0 fully saturated rings. The van der Waals surface area contributed by atoms with E-state index in [9.17, 15) is 18.0 Å². The number of ether oxygens (including phenoxy) is 1. The number of alkyl halides is 3. The molecule has 0 aliphatic heterocycles. The van der Waals surface area contributed by atoms with E-state index < -0.39 is 17.8 Å². The molecule has 0 unspecified atom stereocenters. The standard InChI is InChI=1S/C22H19F3N2O2/c1-15(17-7-9-19(10-8-17)22(23,24)25)27-21(28)18-5-2-6-20(12-18)29-14-16-4-3-11-26-13-16/h2-13,15H,14H2,1H3,(H,27,28)/t15-/m0/s1. The predicted octanol–water partition coefficient (Wildman–Crippen LogP) is 5.17. The summed E-state index contributed by atoms with van der Waals surface area (Å²) >= 11 is 0. The molecule has 1 atom stereocenters. The van der Waals surface area contributed by atoms with Gasteiger partial charge >= 0.3 is 6.18 Å². The summed E-state index contributed by atoms with van der Waals surface area (Å²) in [5.74, 6) is 0.188. The first-order valence-electron chi connectivity index (χ1n) is 8.93. The van der Waals surface area contributed by atoms with Crippen LogP contribution in [0.1, 0.15) is 40.0 Å². The van der Waals surface area contributed by atoms with E-state index in [0.29, 0.717) is 23.5 Å². The Morgan fingerprint density at radius 3 is 2.52 bits per heavy atom. The van der Waals surface area contributed by atoms with Gasteiger partial charge in [-0.3, -0.25) is 9.78 Å². The van der Waals surface area contributed by atoms with Crippen molar-refractivity contribution in [1.82, 2.24) is 10.3 Å². The zero-order valence-electron chi connectivity index (χ0n) is 15.6. The van der Waals surface area contributed by atoms with Crippen LogP contribution in [0.4, 0.5) is 13.2 Å². The summed E-state index contributed by atoms with van der Waals surface area (Å²) in [5.41, 5.74) is 1.15. The SMILES string of the molecule is C[C@H](NC(=O)c1cccc(OCc2cccnc2)c1)c1ccc(C(F)(F)F)cc1. The van der Waals surface area contributed by atoms with Crippen molar-refractivity contribution in [1.29, 1.82) is 0 Å². The Morgan fingerprint density at radius 2 is 1.86 bits per heavy atom. The van der Waals surface area contributed by atoms with Gasteiger partial charge in [-0.2, -0.15) is 13.2 Å². The molecule has 7 heteroatoms. The summed E-state index contributed by atoms with van der Waals surface area (Å²) in [6.07, 6.45) is -1.02.